The van der Waals surface area contributed by atoms with E-state index in [0.29, 0.717) is 0 Å². The zero-order chi connectivity index (χ0) is 5.70. The summed E-state index contributed by atoms with van der Waals surface area (Å²) >= 11 is 4.14. The Balaban J connectivity index is -0.000000180. The summed E-state index contributed by atoms with van der Waals surface area (Å²) < 4.78 is 0. The number of hydrogen-bond acceptors (Lipinski definition) is 3. The van der Waals surface area contributed by atoms with Crippen LogP contribution in [0.3, 0.4) is 0 Å². The maximum atomic E-state index is 6.48. The summed E-state index contributed by atoms with van der Waals surface area (Å²) in [5.74, 6) is -0.239. The van der Waals surface area contributed by atoms with E-state index in [2.05, 4.69) is 22.7 Å². The van der Waals surface area contributed by atoms with Crippen LogP contribution in [-0.4, -0.2) is 48.9 Å². The fraction of sp³-hybridized carbons (Fsp3) is 0. The number of rotatable bonds is 1. The molecule has 0 amide bonds. The van der Waals surface area contributed by atoms with Gasteiger partial charge >= 0.3 is 37.7 Å². The second-order valence-corrected chi connectivity index (χ2v) is 0.911. The number of nitrogens with zero attached hydrogens (tertiary/aromatic N) is 1. The van der Waals surface area contributed by atoms with Crippen molar-refractivity contribution < 1.29 is 0 Å². The minimum atomic E-state index is -0.239. The Morgan fingerprint density at radius 2 is 2.22 bits per heavy atom. The second-order valence-electron chi connectivity index (χ2n) is 0.729. The van der Waals surface area contributed by atoms with Gasteiger partial charge in [-0.25, -0.2) is 5.43 Å². The second kappa shape index (κ2) is 11.4. The molecular weight excluding hydrogens is 188 g/mol. The molecule has 9 heavy (non-hydrogen) atoms. The predicted molar refractivity (Wildman–Crippen MR) is 45.9 cm³/mol. The van der Waals surface area contributed by atoms with Gasteiger partial charge in [0.25, 0.3) is 0 Å². The molecule has 4 nitrogen and oxygen atoms in total. The molecule has 0 fully saturated rings. The van der Waals surface area contributed by atoms with Gasteiger partial charge in [0.1, 0.15) is 0 Å². The number of hydrogen-bond donors (Lipinski definition) is 3. The Labute approximate surface area is 94.2 Å². The molecule has 0 aliphatic rings. The summed E-state index contributed by atoms with van der Waals surface area (Å²) in [5.41, 5.74) is 6.84. The SMILES string of the molecule is Cl.N=C(N)NN=C=S.[CaH2]. The molecule has 7 heteroatoms. The maximum absolute atomic E-state index is 6.48. The van der Waals surface area contributed by atoms with E-state index < -0.39 is 0 Å². The zero-order valence-corrected chi connectivity index (χ0v) is 5.47. The van der Waals surface area contributed by atoms with Crippen LogP contribution in [0.15, 0.2) is 5.10 Å². The van der Waals surface area contributed by atoms with Crippen molar-refractivity contribution in [1.82, 2.24) is 5.43 Å². The van der Waals surface area contributed by atoms with Crippen molar-refractivity contribution in [3.8, 4) is 0 Å². The molecule has 0 radical (unpaired) electrons. The summed E-state index contributed by atoms with van der Waals surface area (Å²) in [4.78, 5) is 0. The van der Waals surface area contributed by atoms with Crippen molar-refractivity contribution in [2.75, 3.05) is 0 Å². The fourth-order valence-corrected chi connectivity index (χ4v) is 0.129. The Morgan fingerprint density at radius 1 is 1.78 bits per heavy atom. The van der Waals surface area contributed by atoms with E-state index in [1.807, 2.05) is 5.16 Å². The Morgan fingerprint density at radius 3 is 2.33 bits per heavy atom. The molecule has 0 aromatic heterocycles. The van der Waals surface area contributed by atoms with Gasteiger partial charge in [0.05, 0.1) is 5.16 Å². The predicted octanol–water partition coefficient (Wildman–Crippen LogP) is -1.01. The molecule has 0 rings (SSSR count). The van der Waals surface area contributed by atoms with E-state index >= 15 is 0 Å². The van der Waals surface area contributed by atoms with Crippen molar-refractivity contribution >= 4 is 73.5 Å². The molecule has 0 aliphatic carbocycles. The summed E-state index contributed by atoms with van der Waals surface area (Å²) in [5, 5.41) is 11.6. The number of guanidine groups is 1. The molecule has 4 N–H and O–H groups in total. The van der Waals surface area contributed by atoms with Crippen LogP contribution in [0.25, 0.3) is 0 Å². The first-order valence-corrected chi connectivity index (χ1v) is 1.85. The van der Waals surface area contributed by atoms with Crippen molar-refractivity contribution in [2.24, 2.45) is 10.8 Å². The average Bonchev–Trinajstić information content (AvgIpc) is 1.61. The van der Waals surface area contributed by atoms with Crippen LogP contribution in [0.4, 0.5) is 0 Å². The first kappa shape index (κ1) is 16.3. The van der Waals surface area contributed by atoms with Crippen LogP contribution in [0, 0.1) is 5.41 Å². The molecule has 0 spiro atoms. The summed E-state index contributed by atoms with van der Waals surface area (Å²) in [6.45, 7) is 0. The zero-order valence-electron chi connectivity index (χ0n) is 3.84. The summed E-state index contributed by atoms with van der Waals surface area (Å²) in [6, 6.07) is 0. The van der Waals surface area contributed by atoms with Crippen molar-refractivity contribution in [3.63, 3.8) is 0 Å². The van der Waals surface area contributed by atoms with Crippen LogP contribution in [0.2, 0.25) is 0 Å². The van der Waals surface area contributed by atoms with Gasteiger partial charge in [0.2, 0.25) is 5.96 Å². The minimum absolute atomic E-state index is 0. The normalized spacial score (nSPS) is 4.89. The van der Waals surface area contributed by atoms with Crippen molar-refractivity contribution in [1.29, 1.82) is 5.41 Å². The molecule has 0 saturated carbocycles. The van der Waals surface area contributed by atoms with Crippen molar-refractivity contribution in [2.45, 2.75) is 0 Å². The number of nitrogens with two attached hydrogens (primary N) is 1. The van der Waals surface area contributed by atoms with E-state index in [1.165, 1.54) is 0 Å². The standard InChI is InChI=1S/C2H4N4S.Ca.ClH.2H/c3-2(4)6-5-1-7;;;;/h(H4,3,4,6);;1H;;. The molecule has 0 saturated heterocycles. The van der Waals surface area contributed by atoms with Gasteiger partial charge in [-0.05, 0) is 12.2 Å². The van der Waals surface area contributed by atoms with Crippen LogP contribution in [0.1, 0.15) is 0 Å². The van der Waals surface area contributed by atoms with Crippen LogP contribution < -0.4 is 11.2 Å². The molecule has 0 aromatic rings. The number of halogens is 1. The third-order valence-electron chi connectivity index (χ3n) is 0.222. The van der Waals surface area contributed by atoms with E-state index in [-0.39, 0.29) is 56.1 Å². The van der Waals surface area contributed by atoms with Gasteiger partial charge < -0.3 is 5.73 Å². The van der Waals surface area contributed by atoms with Gasteiger partial charge in [0.15, 0.2) is 0 Å². The van der Waals surface area contributed by atoms with Gasteiger partial charge in [0, 0.05) is 0 Å². The fourth-order valence-electron chi connectivity index (χ4n) is 0.0830. The van der Waals surface area contributed by atoms with E-state index in [0.717, 1.165) is 0 Å². The number of thiocarbonyl (C=S) groups is 1. The molecule has 0 bridgehead atoms. The first-order valence-electron chi connectivity index (χ1n) is 1.44. The van der Waals surface area contributed by atoms with Crippen LogP contribution in [-0.2, 0) is 0 Å². The number of isothiocyanates is 1. The van der Waals surface area contributed by atoms with Crippen molar-refractivity contribution in [3.05, 3.63) is 0 Å². The first-order chi connectivity index (χ1) is 3.27. The van der Waals surface area contributed by atoms with Gasteiger partial charge in [-0.2, -0.15) is 0 Å². The molecule has 0 atom stereocenters. The van der Waals surface area contributed by atoms with Gasteiger partial charge in [-0.3, -0.25) is 5.41 Å². The van der Waals surface area contributed by atoms with Crippen LogP contribution in [0.5, 0.6) is 0 Å². The number of nitrogens with one attached hydrogen (secondary N) is 2. The number of hydrazone groups is 1. The monoisotopic (exact) mass is 194 g/mol. The molecule has 0 heterocycles. The molecular formula is C2H7CaClN4S. The van der Waals surface area contributed by atoms with E-state index in [4.69, 9.17) is 11.1 Å². The molecule has 50 valence electrons. The summed E-state index contributed by atoms with van der Waals surface area (Å²) in [6.07, 6.45) is 0. The quantitative estimate of drug-likeness (QED) is 0.165. The summed E-state index contributed by atoms with van der Waals surface area (Å²) in [7, 11) is 0. The Kier molecular flexibility index (Phi) is 20.7. The van der Waals surface area contributed by atoms with Gasteiger partial charge in [-0.15, -0.1) is 17.5 Å². The molecule has 0 aliphatic heterocycles. The van der Waals surface area contributed by atoms with Crippen LogP contribution >= 0.6 is 24.6 Å². The third kappa shape index (κ3) is 17.7. The Hall–Kier alpha value is 0.620. The average molecular weight is 195 g/mol. The molecule has 0 unspecified atom stereocenters. The van der Waals surface area contributed by atoms with E-state index in [9.17, 15) is 0 Å². The third-order valence-corrected chi connectivity index (χ3v) is 0.313. The van der Waals surface area contributed by atoms with Gasteiger partial charge in [-0.1, -0.05) is 0 Å². The Bertz CT molecular complexity index is 122. The topological polar surface area (TPSA) is 74.3 Å². The van der Waals surface area contributed by atoms with E-state index in [1.54, 1.807) is 0 Å². The molecule has 0 aromatic carbocycles.